The van der Waals surface area contributed by atoms with E-state index in [0.29, 0.717) is 0 Å². The molecule has 0 heterocycles. The van der Waals surface area contributed by atoms with E-state index >= 15 is 0 Å². The minimum absolute atomic E-state index is 0.978. The molecule has 0 aliphatic heterocycles. The Bertz CT molecular complexity index is 176. The van der Waals surface area contributed by atoms with Crippen LogP contribution in [0.5, 0.6) is 0 Å². The number of hydrogen-bond donors (Lipinski definition) is 1. The number of guanidine groups is 1. The average molecular weight is 227 g/mol. The second-order valence-electron chi connectivity index (χ2n) is 4.49. The Kier molecular flexibility index (Phi) is 10.3. The molecule has 0 aromatic rings. The fraction of sp³-hybridized carbons (Fsp3) is 0.923. The van der Waals surface area contributed by atoms with Crippen molar-refractivity contribution in [1.82, 2.24) is 10.2 Å². The van der Waals surface area contributed by atoms with Crippen LogP contribution in [0.25, 0.3) is 0 Å². The van der Waals surface area contributed by atoms with Gasteiger partial charge in [-0.15, -0.1) is 0 Å². The van der Waals surface area contributed by atoms with Gasteiger partial charge in [-0.05, 0) is 6.42 Å². The van der Waals surface area contributed by atoms with Crippen LogP contribution in [0.3, 0.4) is 0 Å². The van der Waals surface area contributed by atoms with Gasteiger partial charge in [0, 0.05) is 27.7 Å². The summed E-state index contributed by atoms with van der Waals surface area (Å²) in [4.78, 5) is 6.19. The third-order valence-corrected chi connectivity index (χ3v) is 2.70. The van der Waals surface area contributed by atoms with Crippen molar-refractivity contribution in [3.8, 4) is 0 Å². The van der Waals surface area contributed by atoms with Gasteiger partial charge >= 0.3 is 0 Å². The highest BCUT2D eigenvalue weighted by Crippen LogP contribution is 2.06. The Morgan fingerprint density at radius 3 is 2.06 bits per heavy atom. The van der Waals surface area contributed by atoms with Gasteiger partial charge in [0.05, 0.1) is 0 Å². The quantitative estimate of drug-likeness (QED) is 0.392. The molecule has 0 aliphatic rings. The molecule has 0 amide bonds. The molecule has 3 nitrogen and oxygen atoms in total. The zero-order chi connectivity index (χ0) is 12.2. The van der Waals surface area contributed by atoms with Gasteiger partial charge in [0.2, 0.25) is 0 Å². The molecule has 0 saturated carbocycles. The fourth-order valence-electron chi connectivity index (χ4n) is 1.72. The molecule has 0 bridgehead atoms. The van der Waals surface area contributed by atoms with Crippen LogP contribution in [0.15, 0.2) is 4.99 Å². The van der Waals surface area contributed by atoms with Crippen molar-refractivity contribution in [2.75, 3.05) is 27.7 Å². The first-order chi connectivity index (χ1) is 7.72. The molecule has 16 heavy (non-hydrogen) atoms. The number of aliphatic imine (C=N–C) groups is 1. The summed E-state index contributed by atoms with van der Waals surface area (Å²) in [5.41, 5.74) is 0. The standard InChI is InChI=1S/C13H29N3/c1-5-6-7-8-9-10-11-12-15-13(14-2)16(3)4/h5-12H2,1-4H3,(H,14,15). The topological polar surface area (TPSA) is 27.6 Å². The molecule has 96 valence electrons. The van der Waals surface area contributed by atoms with Crippen LogP contribution in [-0.2, 0) is 0 Å². The summed E-state index contributed by atoms with van der Waals surface area (Å²) in [7, 11) is 5.85. The van der Waals surface area contributed by atoms with E-state index < -0.39 is 0 Å². The molecule has 0 saturated heterocycles. The maximum absolute atomic E-state index is 4.18. The van der Waals surface area contributed by atoms with Gasteiger partial charge < -0.3 is 10.2 Å². The highest BCUT2D eigenvalue weighted by atomic mass is 15.3. The molecule has 0 aromatic carbocycles. The Morgan fingerprint density at radius 2 is 1.56 bits per heavy atom. The van der Waals surface area contributed by atoms with Crippen molar-refractivity contribution in [1.29, 1.82) is 0 Å². The Morgan fingerprint density at radius 1 is 1.00 bits per heavy atom. The van der Waals surface area contributed by atoms with Crippen LogP contribution in [0.4, 0.5) is 0 Å². The van der Waals surface area contributed by atoms with Gasteiger partial charge in [0.25, 0.3) is 0 Å². The van der Waals surface area contributed by atoms with Gasteiger partial charge in [-0.3, -0.25) is 4.99 Å². The average Bonchev–Trinajstić information content (AvgIpc) is 2.26. The van der Waals surface area contributed by atoms with E-state index in [1.165, 1.54) is 44.9 Å². The molecule has 1 N–H and O–H groups in total. The minimum Gasteiger partial charge on any atom is -0.356 e. The fourth-order valence-corrected chi connectivity index (χ4v) is 1.72. The number of nitrogens with one attached hydrogen (secondary N) is 1. The van der Waals surface area contributed by atoms with Gasteiger partial charge in [-0.1, -0.05) is 45.4 Å². The zero-order valence-corrected chi connectivity index (χ0v) is 11.6. The molecule has 0 radical (unpaired) electrons. The Labute approximate surface area is 101 Å². The summed E-state index contributed by atoms with van der Waals surface area (Å²) in [6, 6.07) is 0. The van der Waals surface area contributed by atoms with E-state index in [9.17, 15) is 0 Å². The molecule has 0 spiro atoms. The highest BCUT2D eigenvalue weighted by molar-refractivity contribution is 5.79. The summed E-state index contributed by atoms with van der Waals surface area (Å²) in [6.07, 6.45) is 9.49. The van der Waals surface area contributed by atoms with Crippen LogP contribution in [0, 0.1) is 0 Å². The van der Waals surface area contributed by atoms with Crippen LogP contribution in [0.1, 0.15) is 51.9 Å². The molecule has 0 fully saturated rings. The Hall–Kier alpha value is -0.730. The second kappa shape index (κ2) is 10.8. The van der Waals surface area contributed by atoms with E-state index in [1.807, 2.05) is 26.0 Å². The van der Waals surface area contributed by atoms with Crippen LogP contribution < -0.4 is 5.32 Å². The largest absolute Gasteiger partial charge is 0.356 e. The van der Waals surface area contributed by atoms with Crippen LogP contribution >= 0.6 is 0 Å². The third kappa shape index (κ3) is 8.57. The molecular weight excluding hydrogens is 198 g/mol. The minimum atomic E-state index is 0.978. The molecule has 0 rings (SSSR count). The maximum atomic E-state index is 4.18. The summed E-state index contributed by atoms with van der Waals surface area (Å²) in [6.45, 7) is 3.30. The SMILES string of the molecule is CCCCCCCCCNC(=NC)N(C)C. The first-order valence-corrected chi connectivity index (χ1v) is 6.60. The smallest absolute Gasteiger partial charge is 0.193 e. The second-order valence-corrected chi connectivity index (χ2v) is 4.49. The predicted molar refractivity (Wildman–Crippen MR) is 73.0 cm³/mol. The van der Waals surface area contributed by atoms with E-state index in [2.05, 4.69) is 17.2 Å². The number of nitrogens with zero attached hydrogens (tertiary/aromatic N) is 2. The lowest BCUT2D eigenvalue weighted by Crippen LogP contribution is -2.36. The zero-order valence-electron chi connectivity index (χ0n) is 11.6. The van der Waals surface area contributed by atoms with E-state index in [0.717, 1.165) is 12.5 Å². The normalized spacial score (nSPS) is 11.6. The first-order valence-electron chi connectivity index (χ1n) is 6.60. The molecule has 3 heteroatoms. The molecule has 0 aromatic heterocycles. The van der Waals surface area contributed by atoms with Crippen LogP contribution in [-0.4, -0.2) is 38.5 Å². The highest BCUT2D eigenvalue weighted by Gasteiger charge is 1.98. The lowest BCUT2D eigenvalue weighted by molar-refractivity contribution is 0.557. The summed E-state index contributed by atoms with van der Waals surface area (Å²) >= 11 is 0. The van der Waals surface area contributed by atoms with E-state index in [-0.39, 0.29) is 0 Å². The summed E-state index contributed by atoms with van der Waals surface area (Å²) < 4.78 is 0. The Balaban J connectivity index is 3.26. The molecular formula is C13H29N3. The lowest BCUT2D eigenvalue weighted by Gasteiger charge is -2.16. The first kappa shape index (κ1) is 15.3. The van der Waals surface area contributed by atoms with Gasteiger partial charge in [0.15, 0.2) is 5.96 Å². The van der Waals surface area contributed by atoms with Crippen molar-refractivity contribution in [3.63, 3.8) is 0 Å². The van der Waals surface area contributed by atoms with E-state index in [1.54, 1.807) is 0 Å². The van der Waals surface area contributed by atoms with Crippen LogP contribution in [0.2, 0.25) is 0 Å². The van der Waals surface area contributed by atoms with Crippen molar-refractivity contribution in [2.45, 2.75) is 51.9 Å². The molecule has 0 unspecified atom stereocenters. The number of hydrogen-bond acceptors (Lipinski definition) is 1. The number of unbranched alkanes of at least 4 members (excludes halogenated alkanes) is 6. The third-order valence-electron chi connectivity index (χ3n) is 2.70. The van der Waals surface area contributed by atoms with Gasteiger partial charge in [-0.2, -0.15) is 0 Å². The van der Waals surface area contributed by atoms with Crippen molar-refractivity contribution >= 4 is 5.96 Å². The summed E-state index contributed by atoms with van der Waals surface area (Å²) in [5.74, 6) is 0.978. The van der Waals surface area contributed by atoms with Gasteiger partial charge in [0.1, 0.15) is 0 Å². The van der Waals surface area contributed by atoms with E-state index in [4.69, 9.17) is 0 Å². The number of rotatable bonds is 8. The monoisotopic (exact) mass is 227 g/mol. The molecule has 0 atom stereocenters. The van der Waals surface area contributed by atoms with Crippen molar-refractivity contribution in [2.24, 2.45) is 4.99 Å². The maximum Gasteiger partial charge on any atom is 0.193 e. The summed E-state index contributed by atoms with van der Waals surface area (Å²) in [5, 5.41) is 3.35. The van der Waals surface area contributed by atoms with Gasteiger partial charge in [-0.25, -0.2) is 0 Å². The van der Waals surface area contributed by atoms with Crippen molar-refractivity contribution < 1.29 is 0 Å². The predicted octanol–water partition coefficient (Wildman–Crippen LogP) is 2.87. The van der Waals surface area contributed by atoms with Crippen molar-refractivity contribution in [3.05, 3.63) is 0 Å². The lowest BCUT2D eigenvalue weighted by atomic mass is 10.1. The molecule has 0 aliphatic carbocycles.